The summed E-state index contributed by atoms with van der Waals surface area (Å²) < 4.78 is 13.8. The minimum atomic E-state index is -0.388. The first kappa shape index (κ1) is 21.0. The van der Waals surface area contributed by atoms with Crippen molar-refractivity contribution in [1.29, 1.82) is 0 Å². The molecule has 1 heterocycles. The number of amides is 2. The average Bonchev–Trinajstić information content (AvgIpc) is 2.69. The van der Waals surface area contributed by atoms with E-state index >= 15 is 0 Å². The molecule has 0 saturated carbocycles. The van der Waals surface area contributed by atoms with Gasteiger partial charge in [-0.05, 0) is 60.6 Å². The Morgan fingerprint density at radius 2 is 1.86 bits per heavy atom. The van der Waals surface area contributed by atoms with E-state index in [1.165, 1.54) is 6.07 Å². The van der Waals surface area contributed by atoms with Crippen LogP contribution in [0.1, 0.15) is 55.1 Å². The van der Waals surface area contributed by atoms with Crippen LogP contribution in [0.25, 0.3) is 0 Å². The lowest BCUT2D eigenvalue weighted by molar-refractivity contribution is -0.121. The molecule has 0 aromatic heterocycles. The van der Waals surface area contributed by atoms with Crippen molar-refractivity contribution in [1.82, 2.24) is 4.90 Å². The molecule has 2 aromatic carbocycles. The largest absolute Gasteiger partial charge is 0.338 e. The summed E-state index contributed by atoms with van der Waals surface area (Å²) in [6, 6.07) is 12.4. The molecular weight excluding hydrogens is 367 g/mol. The van der Waals surface area contributed by atoms with Crippen LogP contribution in [-0.4, -0.2) is 29.8 Å². The molecule has 154 valence electrons. The third-order valence-corrected chi connectivity index (χ3v) is 5.57. The smallest absolute Gasteiger partial charge is 0.254 e. The van der Waals surface area contributed by atoms with E-state index in [0.29, 0.717) is 24.2 Å². The third kappa shape index (κ3) is 4.84. The van der Waals surface area contributed by atoms with Gasteiger partial charge in [0.25, 0.3) is 5.91 Å². The summed E-state index contributed by atoms with van der Waals surface area (Å²) in [5, 5.41) is 3.01. The highest BCUT2D eigenvalue weighted by Crippen LogP contribution is 2.26. The summed E-state index contributed by atoms with van der Waals surface area (Å²) in [5.41, 5.74) is 2.63. The van der Waals surface area contributed by atoms with Crippen molar-refractivity contribution < 1.29 is 14.0 Å². The number of benzene rings is 2. The molecule has 1 atom stereocenters. The molecule has 1 aliphatic rings. The van der Waals surface area contributed by atoms with E-state index < -0.39 is 0 Å². The van der Waals surface area contributed by atoms with Crippen LogP contribution in [0.4, 0.5) is 10.1 Å². The van der Waals surface area contributed by atoms with Gasteiger partial charge in [-0.1, -0.05) is 39.0 Å². The number of anilines is 1. The lowest BCUT2D eigenvalue weighted by Gasteiger charge is -2.32. The number of halogens is 1. The summed E-state index contributed by atoms with van der Waals surface area (Å²) in [4.78, 5) is 27.4. The van der Waals surface area contributed by atoms with Crippen molar-refractivity contribution in [2.45, 2.75) is 46.0 Å². The van der Waals surface area contributed by atoms with Gasteiger partial charge in [0.2, 0.25) is 5.91 Å². The molecule has 0 bridgehead atoms. The standard InChI is InChI=1S/C24H29FN2O2/c1-16-20(11-6-12-21(16)25)23(29)27-13-7-8-17(15-27)22(28)26-19-10-5-9-18(14-19)24(2,3)4/h5-6,9-12,14,17H,7-8,13,15H2,1-4H3,(H,26,28)/t17-/m0/s1. The topological polar surface area (TPSA) is 49.4 Å². The van der Waals surface area contributed by atoms with Gasteiger partial charge < -0.3 is 10.2 Å². The first-order valence-corrected chi connectivity index (χ1v) is 10.1. The lowest BCUT2D eigenvalue weighted by atomic mass is 9.87. The fourth-order valence-corrected chi connectivity index (χ4v) is 3.69. The fraction of sp³-hybridized carbons (Fsp3) is 0.417. The number of rotatable bonds is 3. The zero-order valence-electron chi connectivity index (χ0n) is 17.6. The van der Waals surface area contributed by atoms with Crippen molar-refractivity contribution in [3.8, 4) is 0 Å². The summed E-state index contributed by atoms with van der Waals surface area (Å²) in [5.74, 6) is -0.959. The highest BCUT2D eigenvalue weighted by atomic mass is 19.1. The Bertz CT molecular complexity index is 917. The van der Waals surface area contributed by atoms with E-state index in [-0.39, 0.29) is 29.0 Å². The Morgan fingerprint density at radius 3 is 2.59 bits per heavy atom. The highest BCUT2D eigenvalue weighted by Gasteiger charge is 2.30. The number of piperidine rings is 1. The molecule has 1 saturated heterocycles. The van der Waals surface area contributed by atoms with Gasteiger partial charge in [-0.25, -0.2) is 4.39 Å². The maximum atomic E-state index is 13.8. The number of carbonyl (C=O) groups is 2. The predicted octanol–water partition coefficient (Wildman–Crippen LogP) is 4.92. The minimum absolute atomic E-state index is 0.00237. The Morgan fingerprint density at radius 1 is 1.14 bits per heavy atom. The fourth-order valence-electron chi connectivity index (χ4n) is 3.69. The van der Waals surface area contributed by atoms with Crippen LogP contribution in [0, 0.1) is 18.7 Å². The molecule has 0 radical (unpaired) electrons. The van der Waals surface area contributed by atoms with Crippen molar-refractivity contribution in [2.24, 2.45) is 5.92 Å². The second kappa shape index (κ2) is 8.36. The monoisotopic (exact) mass is 396 g/mol. The van der Waals surface area contributed by atoms with Gasteiger partial charge in [0.1, 0.15) is 5.82 Å². The van der Waals surface area contributed by atoms with Crippen LogP contribution in [0.3, 0.4) is 0 Å². The predicted molar refractivity (Wildman–Crippen MR) is 114 cm³/mol. The van der Waals surface area contributed by atoms with Crippen LogP contribution in [0.2, 0.25) is 0 Å². The molecule has 1 fully saturated rings. The van der Waals surface area contributed by atoms with Gasteiger partial charge in [-0.2, -0.15) is 0 Å². The molecule has 0 unspecified atom stereocenters. The third-order valence-electron chi connectivity index (χ3n) is 5.57. The number of carbonyl (C=O) groups excluding carboxylic acids is 2. The molecule has 1 aliphatic heterocycles. The number of likely N-dealkylation sites (tertiary alicyclic amines) is 1. The van der Waals surface area contributed by atoms with E-state index in [1.807, 2.05) is 18.2 Å². The molecule has 3 rings (SSSR count). The van der Waals surface area contributed by atoms with Crippen LogP contribution in [0.5, 0.6) is 0 Å². The van der Waals surface area contributed by atoms with Crippen molar-refractivity contribution in [3.63, 3.8) is 0 Å². The normalized spacial score (nSPS) is 17.1. The van der Waals surface area contributed by atoms with Crippen LogP contribution in [0.15, 0.2) is 42.5 Å². The summed E-state index contributed by atoms with van der Waals surface area (Å²) in [7, 11) is 0. The van der Waals surface area contributed by atoms with E-state index in [1.54, 1.807) is 24.0 Å². The summed E-state index contributed by atoms with van der Waals surface area (Å²) in [6.07, 6.45) is 1.48. The molecule has 0 aliphatic carbocycles. The number of hydrogen-bond acceptors (Lipinski definition) is 2. The molecule has 2 amide bonds. The Hall–Kier alpha value is -2.69. The molecule has 1 N–H and O–H groups in total. The Kier molecular flexibility index (Phi) is 6.06. The van der Waals surface area contributed by atoms with E-state index in [2.05, 4.69) is 32.2 Å². The molecule has 5 heteroatoms. The van der Waals surface area contributed by atoms with Gasteiger partial charge in [0, 0.05) is 24.3 Å². The second-order valence-electron chi connectivity index (χ2n) is 8.82. The van der Waals surface area contributed by atoms with Crippen molar-refractivity contribution >= 4 is 17.5 Å². The van der Waals surface area contributed by atoms with Crippen molar-refractivity contribution in [2.75, 3.05) is 18.4 Å². The highest BCUT2D eigenvalue weighted by molar-refractivity contribution is 5.97. The van der Waals surface area contributed by atoms with Crippen LogP contribution in [-0.2, 0) is 10.2 Å². The number of nitrogens with zero attached hydrogens (tertiary/aromatic N) is 1. The number of hydrogen-bond donors (Lipinski definition) is 1. The molecular formula is C24H29FN2O2. The SMILES string of the molecule is Cc1c(F)cccc1C(=O)N1CCC[C@H](C(=O)Nc2cccc(C(C)(C)C)c2)C1. The van der Waals surface area contributed by atoms with Crippen LogP contribution >= 0.6 is 0 Å². The lowest BCUT2D eigenvalue weighted by Crippen LogP contribution is -2.44. The zero-order chi connectivity index (χ0) is 21.2. The quantitative estimate of drug-likeness (QED) is 0.800. The van der Waals surface area contributed by atoms with Gasteiger partial charge in [-0.15, -0.1) is 0 Å². The van der Waals surface area contributed by atoms with Gasteiger partial charge in [-0.3, -0.25) is 9.59 Å². The van der Waals surface area contributed by atoms with Crippen LogP contribution < -0.4 is 5.32 Å². The first-order valence-electron chi connectivity index (χ1n) is 10.1. The zero-order valence-corrected chi connectivity index (χ0v) is 17.6. The summed E-state index contributed by atoms with van der Waals surface area (Å²) >= 11 is 0. The molecule has 4 nitrogen and oxygen atoms in total. The Labute approximate surface area is 172 Å². The first-order chi connectivity index (χ1) is 13.7. The maximum absolute atomic E-state index is 13.8. The number of nitrogens with one attached hydrogen (secondary N) is 1. The molecule has 0 spiro atoms. The summed E-state index contributed by atoms with van der Waals surface area (Å²) in [6.45, 7) is 8.93. The van der Waals surface area contributed by atoms with E-state index in [9.17, 15) is 14.0 Å². The molecule has 2 aromatic rings. The van der Waals surface area contributed by atoms with Gasteiger partial charge >= 0.3 is 0 Å². The van der Waals surface area contributed by atoms with E-state index in [4.69, 9.17) is 0 Å². The average molecular weight is 397 g/mol. The van der Waals surface area contributed by atoms with Gasteiger partial charge in [0.15, 0.2) is 0 Å². The Balaban J connectivity index is 1.70. The van der Waals surface area contributed by atoms with E-state index in [0.717, 1.165) is 24.1 Å². The minimum Gasteiger partial charge on any atom is -0.338 e. The van der Waals surface area contributed by atoms with Crippen molar-refractivity contribution in [3.05, 3.63) is 65.0 Å². The molecule has 29 heavy (non-hydrogen) atoms. The maximum Gasteiger partial charge on any atom is 0.254 e. The van der Waals surface area contributed by atoms with Gasteiger partial charge in [0.05, 0.1) is 5.92 Å². The second-order valence-corrected chi connectivity index (χ2v) is 8.82.